The number of likely N-dealkylation sites (tertiary alicyclic amines) is 1. The van der Waals surface area contributed by atoms with Crippen LogP contribution in [-0.4, -0.2) is 39.7 Å². The Morgan fingerprint density at radius 1 is 1.32 bits per heavy atom. The molecule has 1 aliphatic rings. The predicted molar refractivity (Wildman–Crippen MR) is 91.0 cm³/mol. The molecule has 0 bridgehead atoms. The molecule has 0 radical (unpaired) electrons. The summed E-state index contributed by atoms with van der Waals surface area (Å²) in [6, 6.07) is 7.94. The molecule has 22 heavy (non-hydrogen) atoms. The van der Waals surface area contributed by atoms with Crippen molar-refractivity contribution < 1.29 is 14.7 Å². The lowest BCUT2D eigenvalue weighted by atomic mass is 9.93. The Balaban J connectivity index is 2.02. The zero-order chi connectivity index (χ0) is 16.3. The van der Waals surface area contributed by atoms with Gasteiger partial charge in [0, 0.05) is 22.0 Å². The van der Waals surface area contributed by atoms with Gasteiger partial charge in [0.25, 0.3) is 0 Å². The number of amides is 1. The standard InChI is InChI=1S/C16H20BrNO3S/c1-10-3-4-12(16(20)21)9-18(10)15(19)11(2)22-14-7-5-13(17)6-8-14/h5-8,10-12H,3-4,9H2,1-2H3,(H,20,21). The van der Waals surface area contributed by atoms with Crippen LogP contribution in [-0.2, 0) is 9.59 Å². The largest absolute Gasteiger partial charge is 0.481 e. The highest BCUT2D eigenvalue weighted by atomic mass is 79.9. The highest BCUT2D eigenvalue weighted by Crippen LogP contribution is 2.29. The van der Waals surface area contributed by atoms with Crippen molar-refractivity contribution in [3.05, 3.63) is 28.7 Å². The maximum atomic E-state index is 12.7. The number of carboxylic acids is 1. The van der Waals surface area contributed by atoms with Crippen LogP contribution < -0.4 is 0 Å². The summed E-state index contributed by atoms with van der Waals surface area (Å²) in [7, 11) is 0. The highest BCUT2D eigenvalue weighted by molar-refractivity contribution is 9.10. The lowest BCUT2D eigenvalue weighted by Crippen LogP contribution is -2.49. The fourth-order valence-electron chi connectivity index (χ4n) is 2.62. The summed E-state index contributed by atoms with van der Waals surface area (Å²) in [5.74, 6) is -1.23. The van der Waals surface area contributed by atoms with Gasteiger partial charge in [-0.3, -0.25) is 9.59 Å². The number of hydrogen-bond acceptors (Lipinski definition) is 3. The topological polar surface area (TPSA) is 57.6 Å². The maximum absolute atomic E-state index is 12.7. The van der Waals surface area contributed by atoms with E-state index in [0.29, 0.717) is 13.0 Å². The number of piperidine rings is 1. The van der Waals surface area contributed by atoms with Gasteiger partial charge < -0.3 is 10.0 Å². The van der Waals surface area contributed by atoms with Crippen LogP contribution in [0.15, 0.2) is 33.6 Å². The number of aliphatic carboxylic acids is 1. The van der Waals surface area contributed by atoms with Gasteiger partial charge in [-0.25, -0.2) is 0 Å². The SMILES string of the molecule is CC(Sc1ccc(Br)cc1)C(=O)N1CC(C(=O)O)CCC1C. The number of halogens is 1. The van der Waals surface area contributed by atoms with E-state index >= 15 is 0 Å². The summed E-state index contributed by atoms with van der Waals surface area (Å²) >= 11 is 4.90. The first-order valence-corrected chi connectivity index (χ1v) is 9.01. The minimum atomic E-state index is -0.807. The third kappa shape index (κ3) is 4.26. The molecule has 0 spiro atoms. The average molecular weight is 386 g/mol. The van der Waals surface area contributed by atoms with Gasteiger partial charge in [0.2, 0.25) is 5.91 Å². The van der Waals surface area contributed by atoms with Crippen molar-refractivity contribution in [2.24, 2.45) is 5.92 Å². The van der Waals surface area contributed by atoms with Crippen molar-refractivity contribution in [3.63, 3.8) is 0 Å². The summed E-state index contributed by atoms with van der Waals surface area (Å²) in [6.07, 6.45) is 1.40. The second kappa shape index (κ2) is 7.51. The number of thioether (sulfide) groups is 1. The number of nitrogens with zero attached hydrogens (tertiary/aromatic N) is 1. The van der Waals surface area contributed by atoms with Crippen LogP contribution in [0.4, 0.5) is 0 Å². The molecule has 1 fully saturated rings. The van der Waals surface area contributed by atoms with Crippen molar-refractivity contribution in [1.82, 2.24) is 4.90 Å². The normalized spacial score (nSPS) is 23.1. The molecule has 2 rings (SSSR count). The van der Waals surface area contributed by atoms with E-state index in [2.05, 4.69) is 15.9 Å². The van der Waals surface area contributed by atoms with Crippen LogP contribution in [0.5, 0.6) is 0 Å². The zero-order valence-corrected chi connectivity index (χ0v) is 15.1. The second-order valence-corrected chi connectivity index (χ2v) is 8.00. The number of hydrogen-bond donors (Lipinski definition) is 1. The first-order chi connectivity index (χ1) is 10.4. The van der Waals surface area contributed by atoms with E-state index in [1.165, 1.54) is 11.8 Å². The van der Waals surface area contributed by atoms with Crippen molar-refractivity contribution in [3.8, 4) is 0 Å². The van der Waals surface area contributed by atoms with Crippen LogP contribution in [0.2, 0.25) is 0 Å². The Bertz CT molecular complexity index is 549. The van der Waals surface area contributed by atoms with Gasteiger partial charge >= 0.3 is 5.97 Å². The highest BCUT2D eigenvalue weighted by Gasteiger charge is 2.34. The maximum Gasteiger partial charge on any atom is 0.308 e. The Kier molecular flexibility index (Phi) is 5.92. The summed E-state index contributed by atoms with van der Waals surface area (Å²) in [4.78, 5) is 26.6. The third-order valence-corrected chi connectivity index (χ3v) is 5.62. The molecule has 1 heterocycles. The smallest absolute Gasteiger partial charge is 0.308 e. The van der Waals surface area contributed by atoms with E-state index in [4.69, 9.17) is 0 Å². The van der Waals surface area contributed by atoms with Crippen molar-refractivity contribution in [1.29, 1.82) is 0 Å². The van der Waals surface area contributed by atoms with Gasteiger partial charge in [-0.05, 0) is 51.0 Å². The van der Waals surface area contributed by atoms with E-state index in [1.54, 1.807) is 4.90 Å². The van der Waals surface area contributed by atoms with Gasteiger partial charge in [0.15, 0.2) is 0 Å². The molecule has 0 aromatic heterocycles. The van der Waals surface area contributed by atoms with Crippen LogP contribution >= 0.6 is 27.7 Å². The molecular formula is C16H20BrNO3S. The summed E-state index contributed by atoms with van der Waals surface area (Å²) < 4.78 is 1.00. The summed E-state index contributed by atoms with van der Waals surface area (Å²) in [6.45, 7) is 4.19. The van der Waals surface area contributed by atoms with Crippen LogP contribution in [0.3, 0.4) is 0 Å². The molecule has 6 heteroatoms. The quantitative estimate of drug-likeness (QED) is 0.803. The van der Waals surface area contributed by atoms with E-state index in [-0.39, 0.29) is 17.2 Å². The average Bonchev–Trinajstić information content (AvgIpc) is 2.49. The Hall–Kier alpha value is -1.01. The molecule has 0 aliphatic carbocycles. The van der Waals surface area contributed by atoms with Gasteiger partial charge in [-0.2, -0.15) is 0 Å². The van der Waals surface area contributed by atoms with Gasteiger partial charge in [-0.15, -0.1) is 11.8 Å². The number of carboxylic acid groups (broad SMARTS) is 1. The Morgan fingerprint density at radius 3 is 2.55 bits per heavy atom. The lowest BCUT2D eigenvalue weighted by Gasteiger charge is -2.37. The van der Waals surface area contributed by atoms with Crippen molar-refractivity contribution in [2.45, 2.75) is 42.9 Å². The monoisotopic (exact) mass is 385 g/mol. The molecule has 1 aromatic carbocycles. The lowest BCUT2D eigenvalue weighted by molar-refractivity contribution is -0.146. The second-order valence-electron chi connectivity index (χ2n) is 5.67. The number of carbonyl (C=O) groups is 2. The Morgan fingerprint density at radius 2 is 1.95 bits per heavy atom. The molecule has 1 N–H and O–H groups in total. The number of benzene rings is 1. The van der Waals surface area contributed by atoms with Crippen LogP contribution in [0, 0.1) is 5.92 Å². The predicted octanol–water partition coefficient (Wildman–Crippen LogP) is 3.64. The van der Waals surface area contributed by atoms with E-state index in [9.17, 15) is 14.7 Å². The molecule has 1 amide bonds. The summed E-state index contributed by atoms with van der Waals surface area (Å²) in [5.41, 5.74) is 0. The Labute approximate surface area is 143 Å². The minimum absolute atomic E-state index is 0.0198. The van der Waals surface area contributed by atoms with Crippen molar-refractivity contribution in [2.75, 3.05) is 6.54 Å². The first-order valence-electron chi connectivity index (χ1n) is 7.34. The van der Waals surface area contributed by atoms with Crippen molar-refractivity contribution >= 4 is 39.6 Å². The number of carbonyl (C=O) groups excluding carboxylic acids is 1. The summed E-state index contributed by atoms with van der Waals surface area (Å²) in [5, 5.41) is 8.95. The third-order valence-electron chi connectivity index (χ3n) is 3.99. The minimum Gasteiger partial charge on any atom is -0.481 e. The molecule has 0 saturated carbocycles. The fraction of sp³-hybridized carbons (Fsp3) is 0.500. The van der Waals surface area contributed by atoms with E-state index in [1.807, 2.05) is 38.1 Å². The first kappa shape index (κ1) is 17.3. The van der Waals surface area contributed by atoms with Gasteiger partial charge in [0.1, 0.15) is 0 Å². The number of rotatable bonds is 4. The molecule has 120 valence electrons. The molecule has 1 aromatic rings. The molecule has 4 nitrogen and oxygen atoms in total. The molecule has 1 saturated heterocycles. The fourth-order valence-corrected chi connectivity index (χ4v) is 3.82. The molecule has 3 unspecified atom stereocenters. The van der Waals surface area contributed by atoms with E-state index < -0.39 is 11.9 Å². The zero-order valence-electron chi connectivity index (χ0n) is 12.7. The van der Waals surface area contributed by atoms with Crippen LogP contribution in [0.1, 0.15) is 26.7 Å². The van der Waals surface area contributed by atoms with E-state index in [0.717, 1.165) is 15.8 Å². The molecular weight excluding hydrogens is 366 g/mol. The van der Waals surface area contributed by atoms with Gasteiger partial charge in [0.05, 0.1) is 11.2 Å². The molecule has 3 atom stereocenters. The molecule has 1 aliphatic heterocycles. The van der Waals surface area contributed by atoms with Crippen LogP contribution in [0.25, 0.3) is 0 Å². The van der Waals surface area contributed by atoms with Gasteiger partial charge in [-0.1, -0.05) is 15.9 Å².